The molecule has 10 aromatic rings. The van der Waals surface area contributed by atoms with Crippen LogP contribution < -0.4 is 0 Å². The van der Waals surface area contributed by atoms with Gasteiger partial charge >= 0.3 is 0 Å². The van der Waals surface area contributed by atoms with Gasteiger partial charge in [-0.2, -0.15) is 0 Å². The monoisotopic (exact) mass is 728 g/mol. The number of rotatable bonds is 6. The maximum atomic E-state index is 6.21. The molecule has 0 saturated heterocycles. The first-order valence-corrected chi connectivity index (χ1v) is 19.5. The quantitative estimate of drug-likeness (QED) is 0.171. The molecule has 3 heteroatoms. The smallest absolute Gasteiger partial charge is 0.160 e. The van der Waals surface area contributed by atoms with Crippen molar-refractivity contribution in [3.63, 3.8) is 0 Å². The van der Waals surface area contributed by atoms with Gasteiger partial charge in [-0.25, -0.2) is 9.97 Å². The predicted molar refractivity (Wildman–Crippen MR) is 234 cm³/mol. The van der Waals surface area contributed by atoms with E-state index in [1.54, 1.807) is 0 Å². The highest BCUT2D eigenvalue weighted by Crippen LogP contribution is 2.53. The molecule has 11 rings (SSSR count). The molecule has 8 aromatic carbocycles. The Bertz CT molecular complexity index is 3130. The van der Waals surface area contributed by atoms with E-state index in [4.69, 9.17) is 14.4 Å². The first kappa shape index (κ1) is 33.0. The van der Waals surface area contributed by atoms with Crippen molar-refractivity contribution < 1.29 is 4.42 Å². The lowest BCUT2D eigenvalue weighted by Crippen LogP contribution is -2.22. The largest absolute Gasteiger partial charge is 0.456 e. The second kappa shape index (κ2) is 13.1. The van der Waals surface area contributed by atoms with Crippen molar-refractivity contribution in [2.75, 3.05) is 0 Å². The van der Waals surface area contributed by atoms with Crippen LogP contribution in [0.5, 0.6) is 0 Å². The van der Waals surface area contributed by atoms with E-state index in [1.165, 1.54) is 27.8 Å². The van der Waals surface area contributed by atoms with Gasteiger partial charge in [0.1, 0.15) is 11.2 Å². The summed E-state index contributed by atoms with van der Waals surface area (Å²) in [5.74, 6) is 0.690. The van der Waals surface area contributed by atoms with Crippen LogP contribution in [0.1, 0.15) is 23.6 Å². The maximum absolute atomic E-state index is 6.21. The van der Waals surface area contributed by atoms with Crippen LogP contribution >= 0.6 is 0 Å². The molecule has 1 aliphatic carbocycles. The van der Waals surface area contributed by atoms with Crippen LogP contribution in [-0.4, -0.2) is 9.97 Å². The van der Waals surface area contributed by atoms with Crippen LogP contribution in [0.4, 0.5) is 0 Å². The minimum absolute atomic E-state index is 0.318. The lowest BCUT2D eigenvalue weighted by molar-refractivity contribution is 0.669. The number of para-hydroxylation sites is 1. The van der Waals surface area contributed by atoms with Crippen molar-refractivity contribution in [2.24, 2.45) is 0 Å². The first-order chi connectivity index (χ1) is 28.1. The zero-order valence-electron chi connectivity index (χ0n) is 31.4. The van der Waals surface area contributed by atoms with Crippen molar-refractivity contribution in [1.29, 1.82) is 0 Å². The van der Waals surface area contributed by atoms with Crippen LogP contribution in [0.2, 0.25) is 0 Å². The summed E-state index contributed by atoms with van der Waals surface area (Å²) in [6.45, 7) is 2.36. The summed E-state index contributed by atoms with van der Waals surface area (Å²) in [5, 5.41) is 2.22. The second-order valence-corrected chi connectivity index (χ2v) is 15.1. The molecule has 0 radical (unpaired) electrons. The van der Waals surface area contributed by atoms with Crippen molar-refractivity contribution in [1.82, 2.24) is 9.97 Å². The third-order valence-corrected chi connectivity index (χ3v) is 11.8. The topological polar surface area (TPSA) is 38.9 Å². The highest BCUT2D eigenvalue weighted by molar-refractivity contribution is 6.06. The Morgan fingerprint density at radius 3 is 1.74 bits per heavy atom. The number of hydrogen-bond acceptors (Lipinski definition) is 3. The van der Waals surface area contributed by atoms with E-state index in [2.05, 4.69) is 177 Å². The Kier molecular flexibility index (Phi) is 7.61. The lowest BCUT2D eigenvalue weighted by Gasteiger charge is -2.28. The minimum atomic E-state index is -0.318. The molecule has 1 atom stereocenters. The Balaban J connectivity index is 1.11. The van der Waals surface area contributed by atoms with Gasteiger partial charge in [-0.1, -0.05) is 152 Å². The standard InChI is InChI=1S/C54H36N2O/c1-54(42-19-9-4-10-20-42)47-23-13-11-21-43(47)44-27-25-38(33-48(44)54)49-34-50(56-53(55-49)36-17-7-3-8-18-36)41-30-39(35-15-5-2-6-16-35)29-40(31-41)37-26-28-52-46(32-37)45-22-12-14-24-51(45)57-52/h2-34H,1H3. The highest BCUT2D eigenvalue weighted by Gasteiger charge is 2.40. The normalized spacial score (nSPS) is 14.5. The molecule has 3 nitrogen and oxygen atoms in total. The third-order valence-electron chi connectivity index (χ3n) is 11.8. The van der Waals surface area contributed by atoms with Crippen molar-refractivity contribution in [3.05, 3.63) is 217 Å². The summed E-state index contributed by atoms with van der Waals surface area (Å²) < 4.78 is 6.21. The van der Waals surface area contributed by atoms with Crippen LogP contribution in [0.3, 0.4) is 0 Å². The van der Waals surface area contributed by atoms with Crippen molar-refractivity contribution in [2.45, 2.75) is 12.3 Å². The van der Waals surface area contributed by atoms with E-state index in [0.717, 1.165) is 72.3 Å². The fraction of sp³-hybridized carbons (Fsp3) is 0.0370. The SMILES string of the molecule is CC1(c2ccccc2)c2ccccc2-c2ccc(-c3cc(-c4cc(-c5ccccc5)cc(-c5ccc6oc7ccccc7c6c5)c4)nc(-c4ccccc4)n3)cc21. The summed E-state index contributed by atoms with van der Waals surface area (Å²) in [5.41, 5.74) is 17.2. The Morgan fingerprint density at radius 1 is 0.368 bits per heavy atom. The molecule has 0 fully saturated rings. The number of hydrogen-bond donors (Lipinski definition) is 0. The Labute approximate surface area is 331 Å². The van der Waals surface area contributed by atoms with Gasteiger partial charge in [-0.05, 0) is 106 Å². The number of benzene rings is 8. The Morgan fingerprint density at radius 2 is 0.947 bits per heavy atom. The van der Waals surface area contributed by atoms with E-state index in [1.807, 2.05) is 30.3 Å². The van der Waals surface area contributed by atoms with Crippen LogP contribution in [0, 0.1) is 0 Å². The minimum Gasteiger partial charge on any atom is -0.456 e. The van der Waals surface area contributed by atoms with E-state index in [-0.39, 0.29) is 5.41 Å². The number of fused-ring (bicyclic) bond motifs is 6. The van der Waals surface area contributed by atoms with Crippen molar-refractivity contribution >= 4 is 21.9 Å². The van der Waals surface area contributed by atoms with Gasteiger partial charge in [0.05, 0.1) is 11.4 Å². The Hall–Kier alpha value is -7.36. The first-order valence-electron chi connectivity index (χ1n) is 19.5. The second-order valence-electron chi connectivity index (χ2n) is 15.1. The van der Waals surface area contributed by atoms with Gasteiger partial charge < -0.3 is 4.42 Å². The summed E-state index contributed by atoms with van der Waals surface area (Å²) in [6.07, 6.45) is 0. The number of nitrogens with zero attached hydrogens (tertiary/aromatic N) is 2. The van der Waals surface area contributed by atoms with E-state index in [0.29, 0.717) is 5.82 Å². The van der Waals surface area contributed by atoms with Crippen LogP contribution in [0.15, 0.2) is 205 Å². The molecule has 1 aliphatic rings. The van der Waals surface area contributed by atoms with Crippen LogP contribution in [-0.2, 0) is 5.41 Å². The zero-order valence-corrected chi connectivity index (χ0v) is 31.4. The summed E-state index contributed by atoms with van der Waals surface area (Å²) >= 11 is 0. The molecular formula is C54H36N2O. The zero-order chi connectivity index (χ0) is 37.9. The summed E-state index contributed by atoms with van der Waals surface area (Å²) in [4.78, 5) is 10.6. The van der Waals surface area contributed by atoms with E-state index in [9.17, 15) is 0 Å². The number of aromatic nitrogens is 2. The molecular weight excluding hydrogens is 693 g/mol. The molecule has 0 aliphatic heterocycles. The van der Waals surface area contributed by atoms with Gasteiger partial charge in [0.15, 0.2) is 5.82 Å². The molecule has 0 N–H and O–H groups in total. The average molecular weight is 729 g/mol. The van der Waals surface area contributed by atoms with Gasteiger partial charge in [-0.3, -0.25) is 0 Å². The third kappa shape index (κ3) is 5.50. The van der Waals surface area contributed by atoms with Gasteiger partial charge in [0.25, 0.3) is 0 Å². The fourth-order valence-electron chi connectivity index (χ4n) is 8.84. The lowest BCUT2D eigenvalue weighted by atomic mass is 9.74. The van der Waals surface area contributed by atoms with E-state index >= 15 is 0 Å². The summed E-state index contributed by atoms with van der Waals surface area (Å²) in [6, 6.07) is 71.2. The van der Waals surface area contributed by atoms with Crippen LogP contribution in [0.25, 0.3) is 89.2 Å². The molecule has 268 valence electrons. The molecule has 1 unspecified atom stereocenters. The fourth-order valence-corrected chi connectivity index (χ4v) is 8.84. The predicted octanol–water partition coefficient (Wildman–Crippen LogP) is 14.0. The number of furan rings is 1. The molecule has 0 spiro atoms. The summed E-state index contributed by atoms with van der Waals surface area (Å²) in [7, 11) is 0. The van der Waals surface area contributed by atoms with Gasteiger partial charge in [0, 0.05) is 32.9 Å². The highest BCUT2D eigenvalue weighted by atomic mass is 16.3. The van der Waals surface area contributed by atoms with E-state index < -0.39 is 0 Å². The molecule has 2 heterocycles. The molecule has 0 amide bonds. The molecule has 2 aromatic heterocycles. The maximum Gasteiger partial charge on any atom is 0.160 e. The van der Waals surface area contributed by atoms with Crippen molar-refractivity contribution in [3.8, 4) is 67.3 Å². The molecule has 0 saturated carbocycles. The van der Waals surface area contributed by atoms with Gasteiger partial charge in [0.2, 0.25) is 0 Å². The average Bonchev–Trinajstić information content (AvgIpc) is 3.79. The molecule has 0 bridgehead atoms. The van der Waals surface area contributed by atoms with Gasteiger partial charge in [-0.15, -0.1) is 0 Å². The molecule has 57 heavy (non-hydrogen) atoms.